The van der Waals surface area contributed by atoms with Gasteiger partial charge in [-0.15, -0.1) is 0 Å². The Kier molecular flexibility index (Phi) is 4.12. The molecule has 0 fully saturated rings. The quantitative estimate of drug-likeness (QED) is 0.605. The number of rotatable bonds is 4. The molecule has 2 aromatic carbocycles. The number of carbonyl (C=O) groups is 1. The van der Waals surface area contributed by atoms with Crippen molar-refractivity contribution in [3.05, 3.63) is 76.4 Å². The highest BCUT2D eigenvalue weighted by molar-refractivity contribution is 5.91. The van der Waals surface area contributed by atoms with Crippen LogP contribution in [-0.4, -0.2) is 20.3 Å². The average molecular weight is 362 g/mol. The van der Waals surface area contributed by atoms with Crippen LogP contribution >= 0.6 is 0 Å². The van der Waals surface area contributed by atoms with E-state index in [0.29, 0.717) is 16.9 Å². The summed E-state index contributed by atoms with van der Waals surface area (Å²) in [6.45, 7) is 3.72. The number of carbonyl (C=O) groups excluding carboxylic acids is 1. The molecule has 2 aromatic heterocycles. The van der Waals surface area contributed by atoms with E-state index in [-0.39, 0.29) is 12.5 Å². The van der Waals surface area contributed by atoms with Crippen molar-refractivity contribution in [2.24, 2.45) is 0 Å². The minimum atomic E-state index is -0.561. The molecule has 0 aliphatic heterocycles. The van der Waals surface area contributed by atoms with Crippen molar-refractivity contribution in [3.63, 3.8) is 0 Å². The zero-order valence-corrected chi connectivity index (χ0v) is 15.0. The molecule has 136 valence electrons. The highest BCUT2D eigenvalue weighted by Gasteiger charge is 2.15. The van der Waals surface area contributed by atoms with E-state index in [1.165, 1.54) is 4.57 Å². The van der Waals surface area contributed by atoms with E-state index in [4.69, 9.17) is 4.42 Å². The summed E-state index contributed by atoms with van der Waals surface area (Å²) in [7, 11) is 0. The molecule has 4 rings (SSSR count). The van der Waals surface area contributed by atoms with E-state index in [0.717, 1.165) is 16.9 Å². The fourth-order valence-corrected chi connectivity index (χ4v) is 2.96. The van der Waals surface area contributed by atoms with Gasteiger partial charge in [0.25, 0.3) is 0 Å². The standard InChI is InChI=1S/C20H18N4O3/c1-13-7-9-15(10-8-13)24-18(11-14(2)22-24)21-19(25)12-23-16-5-3-4-6-17(16)27-20(23)26/h3-11H,12H2,1-2H3,(H,21,25). The monoisotopic (exact) mass is 362 g/mol. The average Bonchev–Trinajstić information content (AvgIpc) is 3.15. The summed E-state index contributed by atoms with van der Waals surface area (Å²) in [5.74, 6) is -0.353. The molecule has 0 saturated heterocycles. The zero-order chi connectivity index (χ0) is 19.0. The Morgan fingerprint density at radius 2 is 1.85 bits per heavy atom. The van der Waals surface area contributed by atoms with Crippen molar-refractivity contribution >= 4 is 22.8 Å². The molecule has 0 aliphatic carbocycles. The fourth-order valence-electron chi connectivity index (χ4n) is 2.96. The van der Waals surface area contributed by atoms with Crippen LogP contribution in [0.3, 0.4) is 0 Å². The summed E-state index contributed by atoms with van der Waals surface area (Å²) in [4.78, 5) is 24.6. The summed E-state index contributed by atoms with van der Waals surface area (Å²) in [6.07, 6.45) is 0. The van der Waals surface area contributed by atoms with Gasteiger partial charge in [0, 0.05) is 6.07 Å². The number of aryl methyl sites for hydroxylation is 2. The lowest BCUT2D eigenvalue weighted by Crippen LogP contribution is -2.25. The number of para-hydroxylation sites is 2. The number of oxazole rings is 1. The number of aromatic nitrogens is 3. The largest absolute Gasteiger partial charge is 0.420 e. The highest BCUT2D eigenvalue weighted by atomic mass is 16.4. The predicted octanol–water partition coefficient (Wildman–Crippen LogP) is 3.04. The maximum atomic E-state index is 12.6. The Bertz CT molecular complexity index is 1180. The van der Waals surface area contributed by atoms with Gasteiger partial charge in [-0.2, -0.15) is 5.10 Å². The van der Waals surface area contributed by atoms with E-state index in [1.54, 1.807) is 35.0 Å². The number of nitrogens with zero attached hydrogens (tertiary/aromatic N) is 3. The number of anilines is 1. The van der Waals surface area contributed by atoms with E-state index >= 15 is 0 Å². The summed E-state index contributed by atoms with van der Waals surface area (Å²) >= 11 is 0. The minimum absolute atomic E-state index is 0.145. The molecule has 2 heterocycles. The highest BCUT2D eigenvalue weighted by Crippen LogP contribution is 2.18. The molecule has 0 spiro atoms. The van der Waals surface area contributed by atoms with Gasteiger partial charge in [-0.1, -0.05) is 29.8 Å². The van der Waals surface area contributed by atoms with Gasteiger partial charge in [-0.25, -0.2) is 9.48 Å². The molecule has 0 unspecified atom stereocenters. The van der Waals surface area contributed by atoms with Crippen LogP contribution < -0.4 is 11.1 Å². The molecular formula is C20H18N4O3. The van der Waals surface area contributed by atoms with E-state index in [1.807, 2.05) is 38.1 Å². The Balaban J connectivity index is 1.61. The lowest BCUT2D eigenvalue weighted by atomic mass is 10.2. The Labute approximate surface area is 154 Å². The molecule has 27 heavy (non-hydrogen) atoms. The van der Waals surface area contributed by atoms with Crippen molar-refractivity contribution in [3.8, 4) is 5.69 Å². The first-order valence-corrected chi connectivity index (χ1v) is 8.53. The van der Waals surface area contributed by atoms with Crippen molar-refractivity contribution in [2.75, 3.05) is 5.32 Å². The van der Waals surface area contributed by atoms with Crippen molar-refractivity contribution in [1.82, 2.24) is 14.3 Å². The SMILES string of the molecule is Cc1ccc(-n2nc(C)cc2NC(=O)Cn2c(=O)oc3ccccc32)cc1. The fraction of sp³-hybridized carbons (Fsp3) is 0.150. The number of benzene rings is 2. The maximum Gasteiger partial charge on any atom is 0.420 e. The number of amides is 1. The van der Waals surface area contributed by atoms with Crippen LogP contribution in [0.1, 0.15) is 11.3 Å². The third-order valence-corrected chi connectivity index (χ3v) is 4.25. The number of hydrogen-bond acceptors (Lipinski definition) is 4. The summed E-state index contributed by atoms with van der Waals surface area (Å²) in [5.41, 5.74) is 3.79. The second kappa shape index (κ2) is 6.60. The molecule has 0 bridgehead atoms. The van der Waals surface area contributed by atoms with Crippen LogP contribution in [0.2, 0.25) is 0 Å². The van der Waals surface area contributed by atoms with Crippen molar-refractivity contribution < 1.29 is 9.21 Å². The first kappa shape index (κ1) is 16.8. The molecule has 7 heteroatoms. The van der Waals surface area contributed by atoms with Gasteiger partial charge >= 0.3 is 5.76 Å². The molecular weight excluding hydrogens is 344 g/mol. The molecule has 0 aliphatic rings. The van der Waals surface area contributed by atoms with Crippen LogP contribution in [0, 0.1) is 13.8 Å². The minimum Gasteiger partial charge on any atom is -0.408 e. The molecule has 0 radical (unpaired) electrons. The molecule has 0 atom stereocenters. The lowest BCUT2D eigenvalue weighted by molar-refractivity contribution is -0.116. The Hall–Kier alpha value is -3.61. The third kappa shape index (κ3) is 3.27. The van der Waals surface area contributed by atoms with Crippen LogP contribution in [0.5, 0.6) is 0 Å². The van der Waals surface area contributed by atoms with Crippen LogP contribution in [0.4, 0.5) is 5.82 Å². The molecule has 7 nitrogen and oxygen atoms in total. The van der Waals surface area contributed by atoms with Gasteiger partial charge < -0.3 is 9.73 Å². The van der Waals surface area contributed by atoms with Gasteiger partial charge in [0.1, 0.15) is 12.4 Å². The van der Waals surface area contributed by atoms with Gasteiger partial charge in [0.15, 0.2) is 5.58 Å². The first-order valence-electron chi connectivity index (χ1n) is 8.53. The van der Waals surface area contributed by atoms with Crippen LogP contribution in [-0.2, 0) is 11.3 Å². The smallest absolute Gasteiger partial charge is 0.408 e. The van der Waals surface area contributed by atoms with E-state index < -0.39 is 5.76 Å². The van der Waals surface area contributed by atoms with Gasteiger partial charge in [-0.05, 0) is 38.1 Å². The van der Waals surface area contributed by atoms with Crippen LogP contribution in [0.15, 0.2) is 63.8 Å². The van der Waals surface area contributed by atoms with Gasteiger partial charge in [0.05, 0.1) is 16.9 Å². The summed E-state index contributed by atoms with van der Waals surface area (Å²) in [6, 6.07) is 16.6. The third-order valence-electron chi connectivity index (χ3n) is 4.25. The summed E-state index contributed by atoms with van der Waals surface area (Å²) < 4.78 is 8.15. The molecule has 1 N–H and O–H groups in total. The van der Waals surface area contributed by atoms with E-state index in [2.05, 4.69) is 10.4 Å². The number of nitrogens with one attached hydrogen (secondary N) is 1. The topological polar surface area (TPSA) is 82.1 Å². The van der Waals surface area contributed by atoms with Gasteiger partial charge in [0.2, 0.25) is 5.91 Å². The normalized spacial score (nSPS) is 11.0. The lowest BCUT2D eigenvalue weighted by Gasteiger charge is -2.09. The number of hydrogen-bond donors (Lipinski definition) is 1. The Morgan fingerprint density at radius 1 is 1.11 bits per heavy atom. The van der Waals surface area contributed by atoms with Gasteiger partial charge in [-0.3, -0.25) is 9.36 Å². The maximum absolute atomic E-state index is 12.6. The molecule has 0 saturated carbocycles. The van der Waals surface area contributed by atoms with Crippen molar-refractivity contribution in [2.45, 2.75) is 20.4 Å². The Morgan fingerprint density at radius 3 is 2.63 bits per heavy atom. The second-order valence-electron chi connectivity index (χ2n) is 6.39. The van der Waals surface area contributed by atoms with Crippen molar-refractivity contribution in [1.29, 1.82) is 0 Å². The first-order chi connectivity index (χ1) is 13.0. The molecule has 1 amide bonds. The summed E-state index contributed by atoms with van der Waals surface area (Å²) in [5, 5.41) is 7.28. The second-order valence-corrected chi connectivity index (χ2v) is 6.39. The zero-order valence-electron chi connectivity index (χ0n) is 15.0. The predicted molar refractivity (Wildman–Crippen MR) is 102 cm³/mol. The molecule has 4 aromatic rings. The van der Waals surface area contributed by atoms with E-state index in [9.17, 15) is 9.59 Å². The number of fused-ring (bicyclic) bond motifs is 1. The van der Waals surface area contributed by atoms with Crippen LogP contribution in [0.25, 0.3) is 16.8 Å².